The summed E-state index contributed by atoms with van der Waals surface area (Å²) in [6, 6.07) is 0. The van der Waals surface area contributed by atoms with Crippen LogP contribution in [0.15, 0.2) is 23.8 Å². The summed E-state index contributed by atoms with van der Waals surface area (Å²) in [7, 11) is 0. The molecule has 0 aromatic rings. The first-order valence-electron chi connectivity index (χ1n) is 13.7. The number of aliphatic hydroxyl groups is 1. The number of Topliss-reactive ketones (excluding diaryl/α,β-unsaturated/α-hetero) is 1. The van der Waals surface area contributed by atoms with Crippen molar-refractivity contribution in [1.82, 2.24) is 5.06 Å². The molecule has 2 aliphatic carbocycles. The van der Waals surface area contributed by atoms with Gasteiger partial charge in [-0.25, -0.2) is 4.79 Å². The molecular weight excluding hydrogens is 490 g/mol. The van der Waals surface area contributed by atoms with Crippen LogP contribution in [-0.4, -0.2) is 52.9 Å². The van der Waals surface area contributed by atoms with Crippen LogP contribution in [0.2, 0.25) is 0 Å². The molecule has 0 aromatic heterocycles. The van der Waals surface area contributed by atoms with E-state index < -0.39 is 24.1 Å². The number of nitrogens with zero attached hydrogens (tertiary/aromatic N) is 1. The number of carbonyl (C=O) groups excluding carboxylic acids is 5. The highest BCUT2D eigenvalue weighted by atomic mass is 16.8. The van der Waals surface area contributed by atoms with Gasteiger partial charge in [0.1, 0.15) is 18.7 Å². The average molecular weight is 532 g/mol. The lowest BCUT2D eigenvalue weighted by Gasteiger charge is -2.54. The van der Waals surface area contributed by atoms with E-state index in [9.17, 15) is 29.1 Å². The molecule has 0 bridgehead atoms. The first-order chi connectivity index (χ1) is 17.9. The minimum absolute atomic E-state index is 0.0127. The lowest BCUT2D eigenvalue weighted by atomic mass is 9.51. The van der Waals surface area contributed by atoms with Gasteiger partial charge in [-0.1, -0.05) is 51.2 Å². The van der Waals surface area contributed by atoms with E-state index in [2.05, 4.69) is 32.5 Å². The van der Waals surface area contributed by atoms with Crippen LogP contribution in [0.5, 0.6) is 0 Å². The number of allylic oxidation sites excluding steroid dienone is 2. The number of aliphatic hydroxyl groups excluding tert-OH is 1. The summed E-state index contributed by atoms with van der Waals surface area (Å²) >= 11 is 0. The molecule has 1 N–H and O–H groups in total. The molecule has 9 nitrogen and oxygen atoms in total. The second-order valence-corrected chi connectivity index (χ2v) is 11.8. The fraction of sp³-hybridized carbons (Fsp3) is 0.690. The van der Waals surface area contributed by atoms with E-state index in [4.69, 9.17) is 4.74 Å². The van der Waals surface area contributed by atoms with Crippen LogP contribution in [-0.2, 0) is 28.8 Å². The van der Waals surface area contributed by atoms with Gasteiger partial charge in [-0.3, -0.25) is 24.0 Å². The molecule has 38 heavy (non-hydrogen) atoms. The summed E-state index contributed by atoms with van der Waals surface area (Å²) in [5.41, 5.74) is 0.689. The molecule has 1 heterocycles. The second kappa shape index (κ2) is 12.4. The van der Waals surface area contributed by atoms with Gasteiger partial charge in [0.25, 0.3) is 11.8 Å². The van der Waals surface area contributed by atoms with Crippen LogP contribution < -0.4 is 0 Å². The van der Waals surface area contributed by atoms with Crippen molar-refractivity contribution in [3.63, 3.8) is 0 Å². The maximum Gasteiger partial charge on any atom is 0.533 e. The van der Waals surface area contributed by atoms with Crippen molar-refractivity contribution in [2.24, 2.45) is 28.6 Å². The Morgan fingerprint density at radius 2 is 1.87 bits per heavy atom. The molecule has 1 aliphatic heterocycles. The van der Waals surface area contributed by atoms with Crippen molar-refractivity contribution < 1.29 is 38.7 Å². The molecule has 3 aliphatic rings. The predicted octanol–water partition coefficient (Wildman–Crippen LogP) is 4.47. The molecule has 0 spiro atoms. The zero-order valence-electron chi connectivity index (χ0n) is 22.9. The number of hydroxylamine groups is 2. The van der Waals surface area contributed by atoms with Crippen LogP contribution in [0, 0.1) is 28.6 Å². The number of hydrogen-bond acceptors (Lipinski definition) is 8. The van der Waals surface area contributed by atoms with Crippen LogP contribution in [0.3, 0.4) is 0 Å². The first-order valence-corrected chi connectivity index (χ1v) is 13.7. The molecule has 2 fully saturated rings. The summed E-state index contributed by atoms with van der Waals surface area (Å²) < 4.78 is 4.92. The normalized spacial score (nSPS) is 30.5. The molecule has 2 saturated carbocycles. The zero-order chi connectivity index (χ0) is 28.1. The van der Waals surface area contributed by atoms with Crippen LogP contribution in [0.25, 0.3) is 0 Å². The van der Waals surface area contributed by atoms with Gasteiger partial charge in [0.2, 0.25) is 0 Å². The van der Waals surface area contributed by atoms with Gasteiger partial charge < -0.3 is 9.84 Å². The fourth-order valence-electron chi connectivity index (χ4n) is 7.28. The Labute approximate surface area is 224 Å². The third kappa shape index (κ3) is 6.42. The molecule has 3 rings (SSSR count). The molecule has 9 heteroatoms. The lowest BCUT2D eigenvalue weighted by Crippen LogP contribution is -2.50. The minimum Gasteiger partial charge on any atom is -0.432 e. The predicted molar refractivity (Wildman–Crippen MR) is 138 cm³/mol. The Hall–Kier alpha value is -2.81. The van der Waals surface area contributed by atoms with Gasteiger partial charge in [-0.2, -0.15) is 0 Å². The summed E-state index contributed by atoms with van der Waals surface area (Å²) in [5.74, 6) is -1.85. The SMILES string of the molecule is CCCC1(C)/C(=C\C=O)CCC(C)(C)C1C(O)CC1CCCC1C(=O)CCOC(=O)ON1C(=O)C=CC1=O. The number of rotatable bonds is 11. The second-order valence-electron chi connectivity index (χ2n) is 11.8. The number of imide groups is 1. The number of aldehydes is 1. The monoisotopic (exact) mass is 531 g/mol. The average Bonchev–Trinajstić information content (AvgIpc) is 3.42. The van der Waals surface area contributed by atoms with Crippen molar-refractivity contribution in [3.8, 4) is 0 Å². The first kappa shape index (κ1) is 29.7. The van der Waals surface area contributed by atoms with Gasteiger partial charge in [-0.15, -0.1) is 0 Å². The summed E-state index contributed by atoms with van der Waals surface area (Å²) in [6.07, 6.45) is 9.15. The van der Waals surface area contributed by atoms with Crippen LogP contribution in [0.4, 0.5) is 4.79 Å². The van der Waals surface area contributed by atoms with Gasteiger partial charge in [-0.05, 0) is 67.3 Å². The van der Waals surface area contributed by atoms with E-state index in [0.29, 0.717) is 11.5 Å². The van der Waals surface area contributed by atoms with Gasteiger partial charge in [0, 0.05) is 24.5 Å². The highest BCUT2D eigenvalue weighted by Crippen LogP contribution is 2.58. The van der Waals surface area contributed by atoms with E-state index in [-0.39, 0.29) is 47.4 Å². The minimum atomic E-state index is -1.23. The maximum atomic E-state index is 13.0. The number of carbonyl (C=O) groups is 5. The largest absolute Gasteiger partial charge is 0.533 e. The molecule has 2 amide bonds. The van der Waals surface area contributed by atoms with E-state index in [1.165, 1.54) is 0 Å². The Morgan fingerprint density at radius 3 is 2.50 bits per heavy atom. The van der Waals surface area contributed by atoms with Crippen molar-refractivity contribution in [3.05, 3.63) is 23.8 Å². The Morgan fingerprint density at radius 1 is 1.18 bits per heavy atom. The maximum absolute atomic E-state index is 13.0. The molecular formula is C29H41NO8. The molecule has 0 saturated heterocycles. The molecule has 5 atom stereocenters. The summed E-state index contributed by atoms with van der Waals surface area (Å²) in [6.45, 7) is 8.46. The highest BCUT2D eigenvalue weighted by molar-refractivity contribution is 6.12. The van der Waals surface area contributed by atoms with E-state index in [0.717, 1.165) is 69.0 Å². The standard InChI is InChI=1S/C29H41NO8/c1-5-14-29(4)20(12-16-31)11-15-28(2,3)26(29)23(33)18-19-7-6-8-21(19)22(32)13-17-37-27(36)38-30-24(34)9-10-25(30)35/h9-10,12,16,19,21,23,26,33H,5-8,11,13-15,17-18H2,1-4H3/b20-12-. The quantitative estimate of drug-likeness (QED) is 0.179. The molecule has 0 aromatic carbocycles. The smallest absolute Gasteiger partial charge is 0.432 e. The fourth-order valence-corrected chi connectivity index (χ4v) is 7.28. The number of hydrogen-bond donors (Lipinski definition) is 1. The third-order valence-corrected chi connectivity index (χ3v) is 8.84. The number of ether oxygens (including phenoxy) is 1. The Bertz CT molecular complexity index is 981. The molecule has 210 valence electrons. The topological polar surface area (TPSA) is 127 Å². The number of amides is 2. The van der Waals surface area contributed by atoms with Crippen molar-refractivity contribution in [2.45, 2.75) is 91.6 Å². The van der Waals surface area contributed by atoms with E-state index in [1.54, 1.807) is 6.08 Å². The lowest BCUT2D eigenvalue weighted by molar-refractivity contribution is -0.175. The van der Waals surface area contributed by atoms with Crippen molar-refractivity contribution in [2.75, 3.05) is 6.61 Å². The zero-order valence-corrected chi connectivity index (χ0v) is 22.9. The van der Waals surface area contributed by atoms with Gasteiger partial charge >= 0.3 is 6.16 Å². The van der Waals surface area contributed by atoms with E-state index in [1.807, 2.05) is 0 Å². The van der Waals surface area contributed by atoms with Crippen molar-refractivity contribution >= 4 is 30.0 Å². The highest BCUT2D eigenvalue weighted by Gasteiger charge is 2.52. The summed E-state index contributed by atoms with van der Waals surface area (Å²) in [4.78, 5) is 63.8. The molecule has 5 unspecified atom stereocenters. The summed E-state index contributed by atoms with van der Waals surface area (Å²) in [5, 5.41) is 12.0. The van der Waals surface area contributed by atoms with Crippen LogP contribution in [0.1, 0.15) is 85.5 Å². The van der Waals surface area contributed by atoms with Crippen molar-refractivity contribution in [1.29, 1.82) is 0 Å². The number of ketones is 1. The van der Waals surface area contributed by atoms with Crippen LogP contribution >= 0.6 is 0 Å². The molecule has 0 radical (unpaired) electrons. The Balaban J connectivity index is 1.60. The third-order valence-electron chi connectivity index (χ3n) is 8.84. The Kier molecular flexibility index (Phi) is 9.68. The van der Waals surface area contributed by atoms with Gasteiger partial charge in [0.15, 0.2) is 0 Å². The van der Waals surface area contributed by atoms with Gasteiger partial charge in [0.05, 0.1) is 6.10 Å². The van der Waals surface area contributed by atoms with E-state index >= 15 is 0 Å².